The van der Waals surface area contributed by atoms with Gasteiger partial charge in [0, 0.05) is 37.9 Å². The minimum Gasteiger partial charge on any atom is -0.508 e. The van der Waals surface area contributed by atoms with Gasteiger partial charge in [0.15, 0.2) is 0 Å². The van der Waals surface area contributed by atoms with Gasteiger partial charge in [0.05, 0.1) is 4.90 Å². The Balaban J connectivity index is 1.46. The Kier molecular flexibility index (Phi) is 9.33. The van der Waals surface area contributed by atoms with Crippen LogP contribution < -0.4 is 15.0 Å². The van der Waals surface area contributed by atoms with Crippen LogP contribution in [0.25, 0.3) is 0 Å². The van der Waals surface area contributed by atoms with E-state index >= 15 is 0 Å². The molecule has 1 fully saturated rings. The average Bonchev–Trinajstić information content (AvgIpc) is 2.80. The summed E-state index contributed by atoms with van der Waals surface area (Å²) in [6, 6.07) is 12.4. The summed E-state index contributed by atoms with van der Waals surface area (Å²) in [6.45, 7) is 3.36. The quantitative estimate of drug-likeness (QED) is 0.299. The molecule has 10 nitrogen and oxygen atoms in total. The molecular weight excluding hydrogens is 474 g/mol. The molecule has 1 aliphatic heterocycles. The number of hydrogen-bond donors (Lipinski definition) is 4. The zero-order valence-electron chi connectivity index (χ0n) is 19.7. The zero-order chi connectivity index (χ0) is 25.4. The molecule has 3 rings (SSSR count). The van der Waals surface area contributed by atoms with Crippen LogP contribution >= 0.6 is 0 Å². The number of aliphatic hydroxyl groups is 1. The number of anilines is 1. The smallest absolute Gasteiger partial charge is 0.323 e. The monoisotopic (exact) mass is 507 g/mol. The molecule has 0 radical (unpaired) electrons. The highest BCUT2D eigenvalue weighted by Gasteiger charge is 2.36. The number of carboxylic acids is 1. The van der Waals surface area contributed by atoms with Gasteiger partial charge >= 0.3 is 5.97 Å². The van der Waals surface area contributed by atoms with Crippen LogP contribution in [-0.4, -0.2) is 85.5 Å². The molecule has 0 saturated carbocycles. The van der Waals surface area contributed by atoms with Gasteiger partial charge in [-0.2, -0.15) is 4.31 Å². The number of sulfonamides is 1. The highest BCUT2D eigenvalue weighted by molar-refractivity contribution is 7.89. The van der Waals surface area contributed by atoms with E-state index in [9.17, 15) is 23.4 Å². The molecule has 0 spiro atoms. The average molecular weight is 508 g/mol. The number of carbonyl (C=O) groups is 1. The van der Waals surface area contributed by atoms with Gasteiger partial charge in [-0.15, -0.1) is 0 Å². The molecule has 0 amide bonds. The van der Waals surface area contributed by atoms with E-state index < -0.39 is 22.1 Å². The summed E-state index contributed by atoms with van der Waals surface area (Å²) in [7, 11) is -3.66. The van der Waals surface area contributed by atoms with E-state index in [2.05, 4.69) is 5.32 Å². The van der Waals surface area contributed by atoms with Gasteiger partial charge in [-0.3, -0.25) is 4.79 Å². The number of aromatic hydroxyl groups is 1. The Bertz CT molecular complexity index is 1060. The predicted molar refractivity (Wildman–Crippen MR) is 131 cm³/mol. The largest absolute Gasteiger partial charge is 0.508 e. The number of carboxylic acid groups (broad SMARTS) is 1. The van der Waals surface area contributed by atoms with Crippen LogP contribution in [0.2, 0.25) is 0 Å². The molecule has 0 aromatic heterocycles. The minimum absolute atomic E-state index is 0.0655. The predicted octanol–water partition coefficient (Wildman–Crippen LogP) is 1.49. The Morgan fingerprint density at radius 1 is 1.17 bits per heavy atom. The van der Waals surface area contributed by atoms with Crippen molar-refractivity contribution in [3.8, 4) is 11.5 Å². The number of aliphatic carboxylic acids is 1. The van der Waals surface area contributed by atoms with Gasteiger partial charge in [-0.25, -0.2) is 8.42 Å². The summed E-state index contributed by atoms with van der Waals surface area (Å²) in [4.78, 5) is 13.1. The number of unbranched alkanes of at least 4 members (excludes halogenated alkanes) is 1. The molecule has 0 bridgehead atoms. The van der Waals surface area contributed by atoms with E-state index in [0.717, 1.165) is 12.8 Å². The van der Waals surface area contributed by atoms with Gasteiger partial charge in [0.25, 0.3) is 0 Å². The Morgan fingerprint density at radius 3 is 2.43 bits per heavy atom. The van der Waals surface area contributed by atoms with Crippen LogP contribution in [-0.2, 0) is 14.8 Å². The second-order valence-corrected chi connectivity index (χ2v) is 10.5. The third kappa shape index (κ3) is 7.56. The van der Waals surface area contributed by atoms with Crippen molar-refractivity contribution in [2.45, 2.75) is 36.8 Å². The topological polar surface area (TPSA) is 140 Å². The molecule has 11 heteroatoms. The summed E-state index contributed by atoms with van der Waals surface area (Å²) in [6.07, 6.45) is 0.992. The van der Waals surface area contributed by atoms with Crippen LogP contribution in [0.4, 0.5) is 5.69 Å². The van der Waals surface area contributed by atoms with Gasteiger partial charge in [-0.1, -0.05) is 13.3 Å². The van der Waals surface area contributed by atoms with Crippen molar-refractivity contribution in [1.29, 1.82) is 0 Å². The summed E-state index contributed by atoms with van der Waals surface area (Å²) in [5.41, 5.74) is 0.673. The Morgan fingerprint density at radius 2 is 1.83 bits per heavy atom. The number of benzene rings is 2. The second kappa shape index (κ2) is 12.2. The minimum atomic E-state index is -3.66. The number of ether oxygens (including phenoxy) is 1. The molecule has 4 N–H and O–H groups in total. The summed E-state index contributed by atoms with van der Waals surface area (Å²) >= 11 is 0. The van der Waals surface area contributed by atoms with Crippen LogP contribution in [0.1, 0.15) is 19.8 Å². The standard InChI is InChI=1S/C24H33N3O7S/c1-2-3-12-26(16-24(30)31)19-4-10-23(11-5-19)35(32,33)27-14-18(15-27)25-13-21(29)17-34-22-8-6-20(28)7-9-22/h4-11,18,21,25,28-29H,2-3,12-17H2,1H3,(H,30,31). The molecule has 35 heavy (non-hydrogen) atoms. The van der Waals surface area contributed by atoms with Gasteiger partial charge in [-0.05, 0) is 55.0 Å². The maximum atomic E-state index is 12.9. The van der Waals surface area contributed by atoms with Crippen LogP contribution in [0.5, 0.6) is 11.5 Å². The molecule has 1 unspecified atom stereocenters. The lowest BCUT2D eigenvalue weighted by molar-refractivity contribution is -0.135. The van der Waals surface area contributed by atoms with Crippen molar-refractivity contribution in [1.82, 2.24) is 9.62 Å². The number of rotatable bonds is 14. The first kappa shape index (κ1) is 26.7. The van der Waals surface area contributed by atoms with E-state index in [0.29, 0.717) is 18.0 Å². The molecule has 1 heterocycles. The van der Waals surface area contributed by atoms with Crippen molar-refractivity contribution in [3.05, 3.63) is 48.5 Å². The molecular formula is C24H33N3O7S. The normalized spacial score (nSPS) is 15.4. The molecule has 1 atom stereocenters. The van der Waals surface area contributed by atoms with E-state index in [1.165, 1.54) is 28.6 Å². The number of nitrogens with zero attached hydrogens (tertiary/aromatic N) is 2. The summed E-state index contributed by atoms with van der Waals surface area (Å²) < 4.78 is 32.7. The molecule has 192 valence electrons. The molecule has 1 saturated heterocycles. The number of phenols is 1. The third-order valence-electron chi connectivity index (χ3n) is 5.72. The van der Waals surface area contributed by atoms with Gasteiger partial charge in [0.2, 0.25) is 10.0 Å². The van der Waals surface area contributed by atoms with Crippen molar-refractivity contribution in [2.24, 2.45) is 0 Å². The fraction of sp³-hybridized carbons (Fsp3) is 0.458. The van der Waals surface area contributed by atoms with Crippen LogP contribution in [0.15, 0.2) is 53.4 Å². The zero-order valence-corrected chi connectivity index (χ0v) is 20.5. The first-order valence-electron chi connectivity index (χ1n) is 11.6. The highest BCUT2D eigenvalue weighted by Crippen LogP contribution is 2.24. The fourth-order valence-electron chi connectivity index (χ4n) is 3.65. The Labute approximate surface area is 205 Å². The van der Waals surface area contributed by atoms with E-state index in [-0.39, 0.29) is 49.5 Å². The summed E-state index contributed by atoms with van der Waals surface area (Å²) in [5, 5.41) is 31.7. The van der Waals surface area contributed by atoms with Crippen molar-refractivity contribution >= 4 is 21.7 Å². The first-order chi connectivity index (χ1) is 16.7. The highest BCUT2D eigenvalue weighted by atomic mass is 32.2. The number of aliphatic hydroxyl groups excluding tert-OH is 1. The lowest BCUT2D eigenvalue weighted by Gasteiger charge is -2.39. The molecule has 2 aromatic carbocycles. The molecule has 2 aromatic rings. The number of hydrogen-bond acceptors (Lipinski definition) is 8. The van der Waals surface area contributed by atoms with Crippen molar-refractivity contribution in [3.63, 3.8) is 0 Å². The Hall–Kier alpha value is -2.86. The van der Waals surface area contributed by atoms with E-state index in [4.69, 9.17) is 9.84 Å². The molecule has 0 aliphatic carbocycles. The summed E-state index contributed by atoms with van der Waals surface area (Å²) in [5.74, 6) is -0.272. The van der Waals surface area contributed by atoms with Crippen molar-refractivity contribution in [2.75, 3.05) is 44.2 Å². The second-order valence-electron chi connectivity index (χ2n) is 8.55. The van der Waals surface area contributed by atoms with Crippen LogP contribution in [0.3, 0.4) is 0 Å². The maximum Gasteiger partial charge on any atom is 0.323 e. The van der Waals surface area contributed by atoms with Crippen molar-refractivity contribution < 1.29 is 33.3 Å². The first-order valence-corrected chi connectivity index (χ1v) is 13.0. The maximum absolute atomic E-state index is 12.9. The fourth-order valence-corrected chi connectivity index (χ4v) is 5.18. The SMILES string of the molecule is CCCCN(CC(=O)O)c1ccc(S(=O)(=O)N2CC(NCC(O)COc3ccc(O)cc3)C2)cc1. The van der Waals surface area contributed by atoms with Gasteiger partial charge < -0.3 is 30.3 Å². The number of nitrogens with one attached hydrogen (secondary N) is 1. The lowest BCUT2D eigenvalue weighted by Crippen LogP contribution is -2.60. The number of phenolic OH excluding ortho intramolecular Hbond substituents is 1. The van der Waals surface area contributed by atoms with Gasteiger partial charge in [0.1, 0.15) is 30.8 Å². The lowest BCUT2D eigenvalue weighted by atomic mass is 10.2. The van der Waals surface area contributed by atoms with Crippen LogP contribution in [0, 0.1) is 0 Å². The van der Waals surface area contributed by atoms with E-state index in [1.54, 1.807) is 29.2 Å². The van der Waals surface area contributed by atoms with E-state index in [1.807, 2.05) is 6.92 Å². The third-order valence-corrected chi connectivity index (χ3v) is 7.56. The molecule has 1 aliphatic rings.